The van der Waals surface area contributed by atoms with Gasteiger partial charge in [0.15, 0.2) is 0 Å². The molecule has 110 valence electrons. The molecule has 2 aromatic rings. The van der Waals surface area contributed by atoms with Crippen LogP contribution in [-0.4, -0.2) is 17.5 Å². The number of nitrogens with zero attached hydrogens (tertiary/aromatic N) is 1. The van der Waals surface area contributed by atoms with Gasteiger partial charge >= 0.3 is 0 Å². The first-order chi connectivity index (χ1) is 10.1. The number of hydrogen-bond donors (Lipinski definition) is 0. The van der Waals surface area contributed by atoms with E-state index < -0.39 is 11.6 Å². The van der Waals surface area contributed by atoms with Gasteiger partial charge in [0.1, 0.15) is 23.5 Å². The number of para-hydroxylation sites is 1. The Bertz CT molecular complexity index is 644. The summed E-state index contributed by atoms with van der Waals surface area (Å²) in [4.78, 5) is 2.12. The predicted octanol–water partition coefficient (Wildman–Crippen LogP) is 3.75. The molecule has 0 aromatic heterocycles. The van der Waals surface area contributed by atoms with E-state index >= 15 is 0 Å². The highest BCUT2D eigenvalue weighted by molar-refractivity contribution is 5.34. The van der Waals surface area contributed by atoms with Gasteiger partial charge < -0.3 is 4.74 Å². The van der Waals surface area contributed by atoms with Crippen molar-refractivity contribution < 1.29 is 13.5 Å². The second-order valence-electron chi connectivity index (χ2n) is 5.44. The zero-order chi connectivity index (χ0) is 14.8. The molecule has 1 atom stereocenters. The predicted molar refractivity (Wildman–Crippen MR) is 77.0 cm³/mol. The third-order valence-corrected chi connectivity index (χ3v) is 3.62. The first-order valence-electron chi connectivity index (χ1n) is 7.02. The lowest BCUT2D eigenvalue weighted by molar-refractivity contribution is 0.155. The van der Waals surface area contributed by atoms with E-state index in [4.69, 9.17) is 4.74 Å². The zero-order valence-corrected chi connectivity index (χ0v) is 11.9. The Kier molecular flexibility index (Phi) is 3.88. The van der Waals surface area contributed by atoms with Crippen LogP contribution in [0.25, 0.3) is 0 Å². The fourth-order valence-corrected chi connectivity index (χ4v) is 2.68. The normalized spacial score (nSPS) is 18.7. The summed E-state index contributed by atoms with van der Waals surface area (Å²) < 4.78 is 32.7. The zero-order valence-electron chi connectivity index (χ0n) is 11.9. The van der Waals surface area contributed by atoms with Gasteiger partial charge in [-0.3, -0.25) is 4.90 Å². The van der Waals surface area contributed by atoms with E-state index in [1.165, 1.54) is 12.1 Å². The quantitative estimate of drug-likeness (QED) is 0.835. The van der Waals surface area contributed by atoms with Crippen molar-refractivity contribution in [1.29, 1.82) is 0 Å². The van der Waals surface area contributed by atoms with Crippen molar-refractivity contribution in [1.82, 2.24) is 4.90 Å². The molecule has 4 heteroatoms. The Morgan fingerprint density at radius 2 is 2.00 bits per heavy atom. The van der Waals surface area contributed by atoms with Crippen LogP contribution >= 0.6 is 0 Å². The first kappa shape index (κ1) is 14.0. The second kappa shape index (κ2) is 5.82. The lowest BCUT2D eigenvalue weighted by Crippen LogP contribution is -2.30. The van der Waals surface area contributed by atoms with Crippen LogP contribution in [0.2, 0.25) is 0 Å². The second-order valence-corrected chi connectivity index (χ2v) is 5.44. The third kappa shape index (κ3) is 3.22. The number of halogens is 2. The van der Waals surface area contributed by atoms with Gasteiger partial charge in [0.2, 0.25) is 0 Å². The lowest BCUT2D eigenvalue weighted by Gasteiger charge is -2.22. The summed E-state index contributed by atoms with van der Waals surface area (Å²) in [6.07, 6.45) is 0.0251. The van der Waals surface area contributed by atoms with E-state index in [1.54, 1.807) is 0 Å². The van der Waals surface area contributed by atoms with Crippen LogP contribution in [-0.2, 0) is 13.1 Å². The van der Waals surface area contributed by atoms with E-state index in [9.17, 15) is 8.78 Å². The number of fused-ring (bicyclic) bond motifs is 1. The monoisotopic (exact) mass is 289 g/mol. The summed E-state index contributed by atoms with van der Waals surface area (Å²) in [7, 11) is 0. The summed E-state index contributed by atoms with van der Waals surface area (Å²) in [6.45, 7) is 3.83. The molecule has 1 heterocycles. The van der Waals surface area contributed by atoms with Crippen molar-refractivity contribution in [3.8, 4) is 5.75 Å². The molecule has 0 unspecified atom stereocenters. The molecule has 2 aromatic carbocycles. The van der Waals surface area contributed by atoms with E-state index in [0.717, 1.165) is 17.4 Å². The van der Waals surface area contributed by atoms with Crippen LogP contribution in [0.1, 0.15) is 18.1 Å². The summed E-state index contributed by atoms with van der Waals surface area (Å²) in [5, 5.41) is 0. The van der Waals surface area contributed by atoms with Crippen molar-refractivity contribution in [2.75, 3.05) is 6.54 Å². The molecule has 0 amide bonds. The molecule has 0 N–H and O–H groups in total. The van der Waals surface area contributed by atoms with Crippen LogP contribution in [0.4, 0.5) is 8.78 Å². The van der Waals surface area contributed by atoms with E-state index in [-0.39, 0.29) is 6.10 Å². The Labute approximate surface area is 123 Å². The molecule has 0 spiro atoms. The van der Waals surface area contributed by atoms with Crippen LogP contribution in [0.3, 0.4) is 0 Å². The minimum absolute atomic E-state index is 0.0251. The molecule has 3 rings (SSSR count). The van der Waals surface area contributed by atoms with Gasteiger partial charge in [0.25, 0.3) is 0 Å². The molecular formula is C17H17F2NO. The van der Waals surface area contributed by atoms with Gasteiger partial charge in [-0.1, -0.05) is 24.3 Å². The van der Waals surface area contributed by atoms with E-state index in [1.807, 2.05) is 31.2 Å². The molecule has 0 aliphatic carbocycles. The van der Waals surface area contributed by atoms with Crippen molar-refractivity contribution in [2.24, 2.45) is 0 Å². The maximum absolute atomic E-state index is 13.8. The largest absolute Gasteiger partial charge is 0.489 e. The van der Waals surface area contributed by atoms with Crippen molar-refractivity contribution >= 4 is 0 Å². The lowest BCUT2D eigenvalue weighted by atomic mass is 10.1. The van der Waals surface area contributed by atoms with Crippen LogP contribution in [0, 0.1) is 11.6 Å². The Morgan fingerprint density at radius 1 is 1.19 bits per heavy atom. The van der Waals surface area contributed by atoms with Crippen LogP contribution in [0.15, 0.2) is 42.5 Å². The number of rotatable bonds is 2. The number of benzene rings is 2. The smallest absolute Gasteiger partial charge is 0.130 e. The Balaban J connectivity index is 1.82. The van der Waals surface area contributed by atoms with Gasteiger partial charge in [-0.2, -0.15) is 0 Å². The summed E-state index contributed by atoms with van der Waals surface area (Å²) in [5.41, 5.74) is 1.59. The third-order valence-electron chi connectivity index (χ3n) is 3.62. The Hall–Kier alpha value is -1.94. The molecule has 1 aliphatic rings. The standard InChI is InChI=1S/C17H17F2NO/c1-12-9-20(10-13-6-7-15(18)8-16(13)19)11-14-4-2-3-5-17(14)21-12/h2-8,12H,9-11H2,1H3/t12-/m1/s1. The number of ether oxygens (including phenoxy) is 1. The molecule has 0 radical (unpaired) electrons. The molecule has 0 bridgehead atoms. The summed E-state index contributed by atoms with van der Waals surface area (Å²) in [6, 6.07) is 11.6. The van der Waals surface area contributed by atoms with Gasteiger partial charge in [-0.15, -0.1) is 0 Å². The highest BCUT2D eigenvalue weighted by Gasteiger charge is 2.20. The van der Waals surface area contributed by atoms with Crippen molar-refractivity contribution in [3.05, 3.63) is 65.2 Å². The van der Waals surface area contributed by atoms with E-state index in [2.05, 4.69) is 4.90 Å². The van der Waals surface area contributed by atoms with E-state index in [0.29, 0.717) is 25.2 Å². The molecule has 1 aliphatic heterocycles. The maximum Gasteiger partial charge on any atom is 0.130 e. The van der Waals surface area contributed by atoms with Crippen molar-refractivity contribution in [3.63, 3.8) is 0 Å². The molecule has 0 saturated heterocycles. The minimum Gasteiger partial charge on any atom is -0.489 e. The van der Waals surface area contributed by atoms with Crippen LogP contribution in [0.5, 0.6) is 5.75 Å². The summed E-state index contributed by atoms with van der Waals surface area (Å²) >= 11 is 0. The minimum atomic E-state index is -0.547. The van der Waals surface area contributed by atoms with Crippen molar-refractivity contribution in [2.45, 2.75) is 26.1 Å². The van der Waals surface area contributed by atoms with Gasteiger partial charge in [0, 0.05) is 36.8 Å². The highest BCUT2D eigenvalue weighted by Crippen LogP contribution is 2.26. The first-order valence-corrected chi connectivity index (χ1v) is 7.02. The fourth-order valence-electron chi connectivity index (χ4n) is 2.68. The molecule has 0 fully saturated rings. The van der Waals surface area contributed by atoms with Gasteiger partial charge in [0.05, 0.1) is 0 Å². The highest BCUT2D eigenvalue weighted by atomic mass is 19.1. The Morgan fingerprint density at radius 3 is 2.81 bits per heavy atom. The van der Waals surface area contributed by atoms with Gasteiger partial charge in [-0.05, 0) is 19.1 Å². The van der Waals surface area contributed by atoms with Crippen LogP contribution < -0.4 is 4.74 Å². The average Bonchev–Trinajstić information content (AvgIpc) is 2.59. The fraction of sp³-hybridized carbons (Fsp3) is 0.294. The molecule has 2 nitrogen and oxygen atoms in total. The number of hydrogen-bond acceptors (Lipinski definition) is 2. The maximum atomic E-state index is 13.8. The summed E-state index contributed by atoms with van der Waals surface area (Å²) in [5.74, 6) is -0.164. The average molecular weight is 289 g/mol. The molecular weight excluding hydrogens is 272 g/mol. The topological polar surface area (TPSA) is 12.5 Å². The molecule has 21 heavy (non-hydrogen) atoms. The van der Waals surface area contributed by atoms with Gasteiger partial charge in [-0.25, -0.2) is 8.78 Å². The SMILES string of the molecule is C[C@@H]1CN(Cc2ccc(F)cc2F)Cc2ccccc2O1. The molecule has 0 saturated carbocycles.